The number of hydrogen-bond donors (Lipinski definition) is 0. The minimum absolute atomic E-state index is 0.0784. The highest BCUT2D eigenvalue weighted by molar-refractivity contribution is 5.89. The number of carbonyl (C=O) groups is 8. The molecule has 0 aromatic carbocycles. The summed E-state index contributed by atoms with van der Waals surface area (Å²) in [6.45, 7) is 46.2. The molecular formula is C64H110N4O12. The van der Waals surface area contributed by atoms with E-state index in [1.807, 2.05) is 158 Å². The molecule has 4 saturated heterocycles. The molecule has 458 valence electrons. The van der Waals surface area contributed by atoms with Crippen LogP contribution in [0.1, 0.15) is 256 Å². The van der Waals surface area contributed by atoms with Gasteiger partial charge in [0.15, 0.2) is 0 Å². The van der Waals surface area contributed by atoms with Crippen LogP contribution in [0.5, 0.6) is 0 Å². The van der Waals surface area contributed by atoms with Crippen LogP contribution in [0.2, 0.25) is 0 Å². The van der Waals surface area contributed by atoms with Crippen LogP contribution in [0.4, 0.5) is 0 Å². The molecule has 18 unspecified atom stereocenters. The molecule has 16 nitrogen and oxygen atoms in total. The van der Waals surface area contributed by atoms with Gasteiger partial charge in [0.2, 0.25) is 23.6 Å². The Hall–Kier alpha value is -4.24. The third kappa shape index (κ3) is 12.1. The van der Waals surface area contributed by atoms with Gasteiger partial charge in [0.25, 0.3) is 0 Å². The summed E-state index contributed by atoms with van der Waals surface area (Å²) < 4.78 is 26.5. The fourth-order valence-corrected chi connectivity index (χ4v) is 16.4. The molecule has 4 aliphatic rings. The van der Waals surface area contributed by atoms with Crippen molar-refractivity contribution < 1.29 is 57.3 Å². The van der Waals surface area contributed by atoms with E-state index in [4.69, 9.17) is 18.9 Å². The van der Waals surface area contributed by atoms with E-state index in [9.17, 15) is 19.2 Å². The van der Waals surface area contributed by atoms with Crippen LogP contribution in [-0.2, 0) is 57.3 Å². The fourth-order valence-electron chi connectivity index (χ4n) is 16.4. The van der Waals surface area contributed by atoms with Gasteiger partial charge in [0, 0.05) is 121 Å². The summed E-state index contributed by atoms with van der Waals surface area (Å²) in [6, 6.07) is 0. The highest BCUT2D eigenvalue weighted by Crippen LogP contribution is 2.52. The average Bonchev–Trinajstić information content (AvgIpc) is 3.47. The van der Waals surface area contributed by atoms with Crippen LogP contribution in [0.25, 0.3) is 0 Å². The SMILES string of the molecule is CCC1(C)CC(OC(=O)CC(C(=O)OC2CC(C)(CC)N(C(C)=O)C(C)(CC)C2C)C(CC(=O)OC2CC(C)(CC)N(C(C)=O)C(C)(CC)C2C)C(=O)OC2CC(C)(CC)N(C(C)=O)C(C)(CC)C2C)C(C)C(C)(CC)N1C(C)=O. The van der Waals surface area contributed by atoms with E-state index in [0.717, 1.165) is 0 Å². The van der Waals surface area contributed by atoms with Gasteiger partial charge in [-0.05, 0) is 107 Å². The van der Waals surface area contributed by atoms with E-state index in [-0.39, 0.29) is 48.3 Å². The minimum atomic E-state index is -1.62. The Morgan fingerprint density at radius 2 is 0.537 bits per heavy atom. The normalized spacial score (nSPS) is 39.1. The first-order valence-electron chi connectivity index (χ1n) is 30.8. The predicted molar refractivity (Wildman–Crippen MR) is 311 cm³/mol. The zero-order valence-electron chi connectivity index (χ0n) is 54.4. The number of carbonyl (C=O) groups excluding carboxylic acids is 8. The lowest BCUT2D eigenvalue weighted by Crippen LogP contribution is -2.69. The predicted octanol–water partition coefficient (Wildman–Crippen LogP) is 11.5. The lowest BCUT2D eigenvalue weighted by Gasteiger charge is -2.60. The quantitative estimate of drug-likeness (QED) is 0.0881. The van der Waals surface area contributed by atoms with Gasteiger partial charge >= 0.3 is 23.9 Å². The summed E-state index contributed by atoms with van der Waals surface area (Å²) in [5.74, 6) is -8.38. The number of rotatable bonds is 19. The van der Waals surface area contributed by atoms with E-state index < -0.39 is 129 Å². The first kappa shape index (κ1) is 68.3. The number of likely N-dealkylation sites (tertiary alicyclic amines) is 4. The largest absolute Gasteiger partial charge is 0.462 e. The molecule has 0 aromatic rings. The van der Waals surface area contributed by atoms with Crippen LogP contribution >= 0.6 is 0 Å². The monoisotopic (exact) mass is 1130 g/mol. The molecule has 4 fully saturated rings. The van der Waals surface area contributed by atoms with E-state index in [1.165, 1.54) is 0 Å². The maximum absolute atomic E-state index is 15.8. The summed E-state index contributed by atoms with van der Waals surface area (Å²) in [6.07, 6.45) is 1.49. The van der Waals surface area contributed by atoms with Gasteiger partial charge < -0.3 is 38.5 Å². The Bertz CT molecular complexity index is 2160. The highest BCUT2D eigenvalue weighted by atomic mass is 16.6. The molecule has 80 heavy (non-hydrogen) atoms. The lowest BCUT2D eigenvalue weighted by atomic mass is 9.67. The molecule has 0 aliphatic carbocycles. The number of esters is 4. The Kier molecular flexibility index (Phi) is 21.3. The third-order valence-corrected chi connectivity index (χ3v) is 23.1. The Labute approximate surface area is 482 Å². The number of hydrogen-bond acceptors (Lipinski definition) is 12. The molecule has 0 spiro atoms. The second-order valence-corrected chi connectivity index (χ2v) is 27.3. The maximum atomic E-state index is 15.8. The summed E-state index contributed by atoms with van der Waals surface area (Å²) in [7, 11) is 0. The fraction of sp³-hybridized carbons (Fsp3) is 0.875. The van der Waals surface area contributed by atoms with Gasteiger partial charge in [-0.1, -0.05) is 83.1 Å². The summed E-state index contributed by atoms with van der Waals surface area (Å²) in [4.78, 5) is 124. The number of ether oxygens (including phenoxy) is 4. The zero-order valence-corrected chi connectivity index (χ0v) is 54.4. The molecule has 0 aromatic heterocycles. The van der Waals surface area contributed by atoms with E-state index in [0.29, 0.717) is 64.2 Å². The number of amides is 4. The smallest absolute Gasteiger partial charge is 0.310 e. The van der Waals surface area contributed by atoms with Gasteiger partial charge in [-0.25, -0.2) is 0 Å². The summed E-state index contributed by atoms with van der Waals surface area (Å²) >= 11 is 0. The molecule has 0 bridgehead atoms. The van der Waals surface area contributed by atoms with Crippen molar-refractivity contribution in [2.75, 3.05) is 0 Å². The van der Waals surface area contributed by atoms with Gasteiger partial charge in [-0.2, -0.15) is 0 Å². The average molecular weight is 1130 g/mol. The van der Waals surface area contributed by atoms with Crippen LogP contribution in [-0.4, -0.2) is 136 Å². The lowest BCUT2D eigenvalue weighted by molar-refractivity contribution is -0.198. The van der Waals surface area contributed by atoms with Crippen molar-refractivity contribution in [3.63, 3.8) is 0 Å². The van der Waals surface area contributed by atoms with Crippen LogP contribution in [0, 0.1) is 35.5 Å². The molecule has 18 atom stereocenters. The molecule has 0 saturated carbocycles. The van der Waals surface area contributed by atoms with Crippen LogP contribution in [0.3, 0.4) is 0 Å². The van der Waals surface area contributed by atoms with Crippen molar-refractivity contribution in [3.8, 4) is 0 Å². The number of piperidine rings is 4. The van der Waals surface area contributed by atoms with Gasteiger partial charge in [0.05, 0.1) is 24.7 Å². The Morgan fingerprint density at radius 3 is 0.700 bits per heavy atom. The Balaban J connectivity index is 1.96. The second-order valence-electron chi connectivity index (χ2n) is 27.3. The van der Waals surface area contributed by atoms with Crippen molar-refractivity contribution in [1.82, 2.24) is 19.6 Å². The van der Waals surface area contributed by atoms with E-state index in [1.54, 1.807) is 27.7 Å². The molecule has 4 heterocycles. The van der Waals surface area contributed by atoms with Gasteiger partial charge in [-0.3, -0.25) is 38.4 Å². The van der Waals surface area contributed by atoms with Crippen LogP contribution < -0.4 is 0 Å². The van der Waals surface area contributed by atoms with Crippen molar-refractivity contribution in [1.29, 1.82) is 0 Å². The molecule has 4 amide bonds. The maximum Gasteiger partial charge on any atom is 0.310 e. The second kappa shape index (κ2) is 24.9. The van der Waals surface area contributed by atoms with Crippen molar-refractivity contribution in [2.45, 2.75) is 325 Å². The summed E-state index contributed by atoms with van der Waals surface area (Å²) in [5, 5.41) is 0. The molecule has 4 aliphatic heterocycles. The molecule has 16 heteroatoms. The van der Waals surface area contributed by atoms with Crippen molar-refractivity contribution >= 4 is 47.5 Å². The first-order chi connectivity index (χ1) is 36.8. The zero-order chi connectivity index (χ0) is 61.4. The van der Waals surface area contributed by atoms with E-state index >= 15 is 19.2 Å². The standard InChI is InChI=1S/C64H110N4O12/c1-25-57(17)35-49(39(9)61(21,29-5)65(57)43(13)69)77-53(73)33-47(55(75)79-51-37-59(19,27-3)67(45(15)71)63(23,31-7)41(51)11)48(56(76)80-52-38-60(20,28-4)68(46(16)72)64(24,32-8)42(52)12)34-54(74)78-50-36-58(18,26-2)66(44(14)70)62(22,30-6)40(50)10/h39-42,47-52H,25-38H2,1-24H3. The van der Waals surface area contributed by atoms with Gasteiger partial charge in [0.1, 0.15) is 24.4 Å². The minimum Gasteiger partial charge on any atom is -0.462 e. The molecular weight excluding hydrogens is 1020 g/mol. The van der Waals surface area contributed by atoms with Crippen molar-refractivity contribution in [2.24, 2.45) is 35.5 Å². The first-order valence-corrected chi connectivity index (χ1v) is 30.8. The van der Waals surface area contributed by atoms with Crippen molar-refractivity contribution in [3.05, 3.63) is 0 Å². The topological polar surface area (TPSA) is 186 Å². The third-order valence-electron chi connectivity index (χ3n) is 23.1. The Morgan fingerprint density at radius 1 is 0.350 bits per heavy atom. The van der Waals surface area contributed by atoms with E-state index in [2.05, 4.69) is 0 Å². The highest BCUT2D eigenvalue weighted by Gasteiger charge is 2.60. The number of nitrogens with zero attached hydrogens (tertiary/aromatic N) is 4. The van der Waals surface area contributed by atoms with Crippen LogP contribution in [0.15, 0.2) is 0 Å². The summed E-state index contributed by atoms with van der Waals surface area (Å²) in [5.41, 5.74) is -5.74. The molecule has 0 radical (unpaired) electrons. The molecule has 4 rings (SSSR count). The van der Waals surface area contributed by atoms with Gasteiger partial charge in [-0.15, -0.1) is 0 Å². The molecule has 0 N–H and O–H groups in total.